The van der Waals surface area contributed by atoms with Gasteiger partial charge in [-0.1, -0.05) is 0 Å². The van der Waals surface area contributed by atoms with Crippen molar-refractivity contribution in [3.8, 4) is 5.75 Å². The number of rotatable bonds is 7. The minimum Gasteiger partial charge on any atom is -0.435 e. The van der Waals surface area contributed by atoms with E-state index < -0.39 is 11.5 Å². The van der Waals surface area contributed by atoms with Crippen molar-refractivity contribution in [2.75, 3.05) is 5.32 Å². The zero-order valence-electron chi connectivity index (χ0n) is 13.5. The number of halogens is 2. The summed E-state index contributed by atoms with van der Waals surface area (Å²) in [5.41, 5.74) is 1.29. The Balaban J connectivity index is 1.95. The van der Waals surface area contributed by atoms with Crippen LogP contribution in [-0.4, -0.2) is 27.2 Å². The highest BCUT2D eigenvalue weighted by Crippen LogP contribution is 2.23. The molecule has 0 fully saturated rings. The summed E-state index contributed by atoms with van der Waals surface area (Å²) in [5, 5.41) is 17.3. The number of aryl methyl sites for hydroxylation is 2. The summed E-state index contributed by atoms with van der Waals surface area (Å²) >= 11 is 0. The van der Waals surface area contributed by atoms with Crippen molar-refractivity contribution in [1.82, 2.24) is 9.78 Å². The lowest BCUT2D eigenvalue weighted by Crippen LogP contribution is -2.16. The Kier molecular flexibility index (Phi) is 5.63. The van der Waals surface area contributed by atoms with Gasteiger partial charge in [-0.05, 0) is 37.6 Å². The number of hydrogen-bond acceptors (Lipinski definition) is 5. The Hall–Kier alpha value is -3.04. The monoisotopic (exact) mass is 354 g/mol. The van der Waals surface area contributed by atoms with Gasteiger partial charge in [0, 0.05) is 12.1 Å². The fourth-order valence-corrected chi connectivity index (χ4v) is 2.21. The highest BCUT2D eigenvalue weighted by molar-refractivity contribution is 5.91. The Morgan fingerprint density at radius 1 is 1.44 bits per heavy atom. The number of hydrogen-bond donors (Lipinski definition) is 1. The molecule has 1 amide bonds. The quantitative estimate of drug-likeness (QED) is 0.608. The fraction of sp³-hybridized carbons (Fsp3) is 0.333. The zero-order valence-corrected chi connectivity index (χ0v) is 13.5. The number of nitro groups is 1. The van der Waals surface area contributed by atoms with Crippen molar-refractivity contribution >= 4 is 17.3 Å². The van der Waals surface area contributed by atoms with Crippen molar-refractivity contribution < 1.29 is 23.2 Å². The highest BCUT2D eigenvalue weighted by Gasteiger charge is 2.17. The van der Waals surface area contributed by atoms with E-state index >= 15 is 0 Å². The van der Waals surface area contributed by atoms with E-state index in [1.807, 2.05) is 0 Å². The van der Waals surface area contributed by atoms with Crippen LogP contribution in [0.2, 0.25) is 0 Å². The normalized spacial score (nSPS) is 10.8. The molecule has 0 aliphatic rings. The zero-order chi connectivity index (χ0) is 18.6. The van der Waals surface area contributed by atoms with Crippen molar-refractivity contribution in [2.45, 2.75) is 33.4 Å². The first-order chi connectivity index (χ1) is 11.8. The number of aromatic nitrogens is 2. The summed E-state index contributed by atoms with van der Waals surface area (Å²) in [6.07, 6.45) is 1.19. The number of alkyl halides is 2. The molecule has 0 saturated carbocycles. The smallest absolute Gasteiger partial charge is 0.387 e. The van der Waals surface area contributed by atoms with Gasteiger partial charge in [-0.15, -0.1) is 0 Å². The third-order valence-electron chi connectivity index (χ3n) is 3.52. The molecule has 134 valence electrons. The average Bonchev–Trinajstić information content (AvgIpc) is 2.88. The van der Waals surface area contributed by atoms with Crippen LogP contribution < -0.4 is 10.1 Å². The SMILES string of the molecule is Cc1cc(OC(F)F)ccc1NC(=O)CCn1ncc([N+](=O)[O-])c1C. The summed E-state index contributed by atoms with van der Waals surface area (Å²) in [6.45, 7) is 0.460. The first kappa shape index (κ1) is 18.3. The standard InChI is InChI=1S/C15H16F2N4O4/c1-9-7-11(25-15(16)17)3-4-12(9)19-14(22)5-6-20-10(2)13(8-18-20)21(23)24/h3-4,7-8,15H,5-6H2,1-2H3,(H,19,22). The number of carbonyl (C=O) groups is 1. The predicted molar refractivity (Wildman–Crippen MR) is 84.7 cm³/mol. The molecule has 0 aliphatic heterocycles. The van der Waals surface area contributed by atoms with E-state index in [0.717, 1.165) is 6.20 Å². The highest BCUT2D eigenvalue weighted by atomic mass is 19.3. The molecule has 0 radical (unpaired) electrons. The van der Waals surface area contributed by atoms with Gasteiger partial charge in [-0.3, -0.25) is 19.6 Å². The molecule has 25 heavy (non-hydrogen) atoms. The van der Waals surface area contributed by atoms with E-state index in [-0.39, 0.29) is 30.3 Å². The molecule has 0 spiro atoms. The number of carbonyl (C=O) groups excluding carboxylic acids is 1. The third kappa shape index (κ3) is 4.72. The molecule has 0 aliphatic carbocycles. The second kappa shape index (κ2) is 7.69. The van der Waals surface area contributed by atoms with E-state index in [2.05, 4.69) is 15.2 Å². The summed E-state index contributed by atoms with van der Waals surface area (Å²) < 4.78 is 30.0. The van der Waals surface area contributed by atoms with E-state index in [9.17, 15) is 23.7 Å². The topological polar surface area (TPSA) is 99.3 Å². The number of nitrogens with zero attached hydrogens (tertiary/aromatic N) is 3. The van der Waals surface area contributed by atoms with Crippen LogP contribution in [0.5, 0.6) is 5.75 Å². The number of amides is 1. The van der Waals surface area contributed by atoms with Gasteiger partial charge in [-0.2, -0.15) is 13.9 Å². The van der Waals surface area contributed by atoms with E-state index in [0.29, 0.717) is 16.9 Å². The van der Waals surface area contributed by atoms with Crippen molar-refractivity contribution in [3.05, 3.63) is 45.8 Å². The third-order valence-corrected chi connectivity index (χ3v) is 3.52. The molecule has 0 unspecified atom stereocenters. The minimum atomic E-state index is -2.92. The van der Waals surface area contributed by atoms with Gasteiger partial charge in [0.15, 0.2) is 0 Å². The van der Waals surface area contributed by atoms with Gasteiger partial charge in [0.1, 0.15) is 17.6 Å². The Morgan fingerprint density at radius 3 is 2.72 bits per heavy atom. The summed E-state index contributed by atoms with van der Waals surface area (Å²) in [6, 6.07) is 4.19. The van der Waals surface area contributed by atoms with Crippen LogP contribution in [0.3, 0.4) is 0 Å². The molecule has 0 saturated heterocycles. The molecule has 1 N–H and O–H groups in total. The second-order valence-corrected chi connectivity index (χ2v) is 5.25. The largest absolute Gasteiger partial charge is 0.435 e. The molecular weight excluding hydrogens is 338 g/mol. The lowest BCUT2D eigenvalue weighted by molar-refractivity contribution is -0.385. The van der Waals surface area contributed by atoms with Crippen LogP contribution in [0.1, 0.15) is 17.7 Å². The molecule has 0 atom stereocenters. The first-order valence-electron chi connectivity index (χ1n) is 7.30. The van der Waals surface area contributed by atoms with Crippen LogP contribution in [0, 0.1) is 24.0 Å². The van der Waals surface area contributed by atoms with E-state index in [1.54, 1.807) is 13.8 Å². The number of nitrogens with one attached hydrogen (secondary N) is 1. The maximum Gasteiger partial charge on any atom is 0.387 e. The molecule has 1 aromatic carbocycles. The van der Waals surface area contributed by atoms with Crippen molar-refractivity contribution in [1.29, 1.82) is 0 Å². The molecule has 1 aromatic heterocycles. The number of anilines is 1. The Bertz CT molecular complexity index is 792. The second-order valence-electron chi connectivity index (χ2n) is 5.25. The van der Waals surface area contributed by atoms with Crippen LogP contribution in [0.25, 0.3) is 0 Å². The lowest BCUT2D eigenvalue weighted by Gasteiger charge is -2.11. The molecule has 2 rings (SSSR count). The van der Waals surface area contributed by atoms with Gasteiger partial charge in [-0.25, -0.2) is 0 Å². The fourth-order valence-electron chi connectivity index (χ4n) is 2.21. The number of benzene rings is 1. The summed E-state index contributed by atoms with van der Waals surface area (Å²) in [7, 11) is 0. The van der Waals surface area contributed by atoms with E-state index in [4.69, 9.17) is 0 Å². The molecule has 0 bridgehead atoms. The first-order valence-corrected chi connectivity index (χ1v) is 7.30. The van der Waals surface area contributed by atoms with Crippen LogP contribution >= 0.6 is 0 Å². The van der Waals surface area contributed by atoms with Gasteiger partial charge in [0.05, 0.1) is 11.5 Å². The molecule has 2 aromatic rings. The van der Waals surface area contributed by atoms with Gasteiger partial charge < -0.3 is 10.1 Å². The van der Waals surface area contributed by atoms with Gasteiger partial charge in [0.2, 0.25) is 5.91 Å². The molecule has 1 heterocycles. The summed E-state index contributed by atoms with van der Waals surface area (Å²) in [4.78, 5) is 22.2. The Morgan fingerprint density at radius 2 is 2.16 bits per heavy atom. The van der Waals surface area contributed by atoms with Gasteiger partial charge >= 0.3 is 12.3 Å². The van der Waals surface area contributed by atoms with Crippen molar-refractivity contribution in [2.24, 2.45) is 0 Å². The van der Waals surface area contributed by atoms with Gasteiger partial charge in [0.25, 0.3) is 0 Å². The van der Waals surface area contributed by atoms with E-state index in [1.165, 1.54) is 22.9 Å². The maximum absolute atomic E-state index is 12.2. The Labute approximate surface area is 141 Å². The summed E-state index contributed by atoms with van der Waals surface area (Å²) in [5.74, 6) is -0.326. The lowest BCUT2D eigenvalue weighted by atomic mass is 10.2. The molecule has 8 nitrogen and oxygen atoms in total. The maximum atomic E-state index is 12.2. The molecule has 10 heteroatoms. The van der Waals surface area contributed by atoms with Crippen LogP contribution in [0.4, 0.5) is 20.2 Å². The predicted octanol–water partition coefficient (Wildman–Crippen LogP) is 3.04. The van der Waals surface area contributed by atoms with Crippen LogP contribution in [-0.2, 0) is 11.3 Å². The van der Waals surface area contributed by atoms with Crippen LogP contribution in [0.15, 0.2) is 24.4 Å². The average molecular weight is 354 g/mol. The van der Waals surface area contributed by atoms with Crippen molar-refractivity contribution in [3.63, 3.8) is 0 Å². The number of ether oxygens (including phenoxy) is 1. The molecular formula is C15H16F2N4O4. The minimum absolute atomic E-state index is 0.00461.